The minimum absolute atomic E-state index is 0.0604. The lowest BCUT2D eigenvalue weighted by Gasteiger charge is -2.35. The van der Waals surface area contributed by atoms with E-state index in [-0.39, 0.29) is 5.91 Å². The molecule has 1 aliphatic heterocycles. The van der Waals surface area contributed by atoms with Gasteiger partial charge in [-0.2, -0.15) is 0 Å². The number of carbonyl (C=O) groups excluding carboxylic acids is 1. The van der Waals surface area contributed by atoms with E-state index in [1.807, 2.05) is 89.0 Å². The smallest absolute Gasteiger partial charge is 0.253 e. The summed E-state index contributed by atoms with van der Waals surface area (Å²) in [6.07, 6.45) is 0. The van der Waals surface area contributed by atoms with E-state index in [2.05, 4.69) is 15.1 Å². The Labute approximate surface area is 208 Å². The molecule has 1 fully saturated rings. The third-order valence-electron chi connectivity index (χ3n) is 6.72. The number of nitrogens with zero attached hydrogens (tertiary/aromatic N) is 6. The van der Waals surface area contributed by atoms with Gasteiger partial charge in [0, 0.05) is 37.1 Å². The van der Waals surface area contributed by atoms with Gasteiger partial charge < -0.3 is 14.5 Å². The van der Waals surface area contributed by atoms with Crippen LogP contribution in [-0.2, 0) is 0 Å². The van der Waals surface area contributed by atoms with Crippen molar-refractivity contribution in [1.82, 2.24) is 24.5 Å². The van der Waals surface area contributed by atoms with Crippen molar-refractivity contribution in [1.29, 1.82) is 0 Å². The number of hydrogen-bond donors (Lipinski definition) is 0. The number of piperazine rings is 1. The van der Waals surface area contributed by atoms with E-state index in [0.717, 1.165) is 44.9 Å². The molecule has 2 aromatic heterocycles. The second-order valence-electron chi connectivity index (χ2n) is 8.96. The normalized spacial score (nSPS) is 13.9. The summed E-state index contributed by atoms with van der Waals surface area (Å²) >= 11 is 0. The van der Waals surface area contributed by atoms with Gasteiger partial charge in [-0.1, -0.05) is 42.0 Å². The van der Waals surface area contributed by atoms with Gasteiger partial charge in [-0.25, -0.2) is 9.38 Å². The van der Waals surface area contributed by atoms with Gasteiger partial charge in [-0.05, 0) is 43.3 Å². The molecule has 3 heterocycles. The van der Waals surface area contributed by atoms with Gasteiger partial charge in [0.1, 0.15) is 5.75 Å². The van der Waals surface area contributed by atoms with Crippen LogP contribution in [0, 0.1) is 6.92 Å². The van der Waals surface area contributed by atoms with Crippen molar-refractivity contribution in [2.45, 2.75) is 6.92 Å². The lowest BCUT2D eigenvalue weighted by Crippen LogP contribution is -2.49. The minimum Gasteiger partial charge on any atom is -0.496 e. The van der Waals surface area contributed by atoms with Crippen LogP contribution >= 0.6 is 0 Å². The Morgan fingerprint density at radius 2 is 1.58 bits per heavy atom. The Morgan fingerprint density at radius 3 is 2.36 bits per heavy atom. The molecule has 0 unspecified atom stereocenters. The Kier molecular flexibility index (Phi) is 5.48. The van der Waals surface area contributed by atoms with Crippen molar-refractivity contribution in [2.75, 3.05) is 38.2 Å². The van der Waals surface area contributed by atoms with Crippen LogP contribution < -0.4 is 9.64 Å². The Morgan fingerprint density at radius 1 is 0.861 bits per heavy atom. The quantitative estimate of drug-likeness (QED) is 0.385. The molecule has 1 saturated heterocycles. The van der Waals surface area contributed by atoms with E-state index in [0.29, 0.717) is 32.0 Å². The van der Waals surface area contributed by atoms with Crippen molar-refractivity contribution in [3.63, 3.8) is 0 Å². The standard InChI is InChI=1S/C28H26N6O2/c1-19-11-13-20(14-12-19)27(35)32-15-17-33(18-16-32)28-29-23-9-5-3-7-21(23)25-30-31-26(34(25)28)22-8-4-6-10-24(22)36-2/h3-14H,15-18H2,1-2H3. The zero-order valence-corrected chi connectivity index (χ0v) is 20.3. The van der Waals surface area contributed by atoms with E-state index in [4.69, 9.17) is 9.72 Å². The molecule has 8 heteroatoms. The maximum Gasteiger partial charge on any atom is 0.253 e. The van der Waals surface area contributed by atoms with Crippen LogP contribution in [0.2, 0.25) is 0 Å². The summed E-state index contributed by atoms with van der Waals surface area (Å²) in [5, 5.41) is 10.1. The molecular formula is C28H26N6O2. The van der Waals surface area contributed by atoms with E-state index in [9.17, 15) is 4.79 Å². The fourth-order valence-electron chi connectivity index (χ4n) is 4.77. The summed E-state index contributed by atoms with van der Waals surface area (Å²) in [6.45, 7) is 4.54. The van der Waals surface area contributed by atoms with Gasteiger partial charge in [-0.3, -0.25) is 4.79 Å². The summed E-state index contributed by atoms with van der Waals surface area (Å²) in [5.41, 5.74) is 4.31. The molecule has 36 heavy (non-hydrogen) atoms. The lowest BCUT2D eigenvalue weighted by molar-refractivity contribution is 0.0746. The van der Waals surface area contributed by atoms with Crippen LogP contribution in [0.5, 0.6) is 5.75 Å². The van der Waals surface area contributed by atoms with Gasteiger partial charge in [0.25, 0.3) is 5.91 Å². The zero-order valence-electron chi connectivity index (χ0n) is 20.3. The number of carbonyl (C=O) groups is 1. The highest BCUT2D eigenvalue weighted by Gasteiger charge is 2.27. The predicted octanol–water partition coefficient (Wildman–Crippen LogP) is 4.22. The molecule has 0 saturated carbocycles. The Hall–Kier alpha value is -4.46. The molecule has 180 valence electrons. The topological polar surface area (TPSA) is 75.9 Å². The summed E-state index contributed by atoms with van der Waals surface area (Å²) in [5.74, 6) is 2.22. The van der Waals surface area contributed by atoms with Crippen LogP contribution in [0.25, 0.3) is 27.9 Å². The molecule has 0 aliphatic carbocycles. The van der Waals surface area contributed by atoms with Crippen molar-refractivity contribution >= 4 is 28.4 Å². The number of amides is 1. The van der Waals surface area contributed by atoms with Gasteiger partial charge in [0.15, 0.2) is 11.5 Å². The average Bonchev–Trinajstić information content (AvgIpc) is 3.38. The molecule has 3 aromatic carbocycles. The van der Waals surface area contributed by atoms with Crippen LogP contribution in [0.3, 0.4) is 0 Å². The molecule has 0 N–H and O–H groups in total. The summed E-state index contributed by atoms with van der Waals surface area (Å²) < 4.78 is 7.63. The van der Waals surface area contributed by atoms with Crippen LogP contribution in [0.15, 0.2) is 72.8 Å². The highest BCUT2D eigenvalue weighted by molar-refractivity contribution is 5.95. The molecule has 0 spiro atoms. The highest BCUT2D eigenvalue weighted by atomic mass is 16.5. The van der Waals surface area contributed by atoms with Crippen molar-refractivity contribution in [3.8, 4) is 17.1 Å². The molecule has 1 aliphatic rings. The fraction of sp³-hybridized carbons (Fsp3) is 0.214. The highest BCUT2D eigenvalue weighted by Crippen LogP contribution is 2.33. The number of fused-ring (bicyclic) bond motifs is 3. The lowest BCUT2D eigenvalue weighted by atomic mass is 10.1. The third kappa shape index (κ3) is 3.71. The number of benzene rings is 3. The van der Waals surface area contributed by atoms with E-state index in [1.54, 1.807) is 7.11 Å². The predicted molar refractivity (Wildman–Crippen MR) is 140 cm³/mol. The molecule has 0 radical (unpaired) electrons. The van der Waals surface area contributed by atoms with Crippen molar-refractivity contribution in [3.05, 3.63) is 83.9 Å². The molecule has 0 atom stereocenters. The average molecular weight is 479 g/mol. The van der Waals surface area contributed by atoms with Crippen LogP contribution in [0.1, 0.15) is 15.9 Å². The van der Waals surface area contributed by atoms with E-state index >= 15 is 0 Å². The third-order valence-corrected chi connectivity index (χ3v) is 6.72. The first-order valence-corrected chi connectivity index (χ1v) is 12.0. The monoisotopic (exact) mass is 478 g/mol. The first-order valence-electron chi connectivity index (χ1n) is 12.0. The van der Waals surface area contributed by atoms with Crippen molar-refractivity contribution in [2.24, 2.45) is 0 Å². The first kappa shape index (κ1) is 22.0. The van der Waals surface area contributed by atoms with Crippen LogP contribution in [0.4, 0.5) is 5.95 Å². The number of para-hydroxylation sites is 2. The second kappa shape index (κ2) is 8.96. The summed E-state index contributed by atoms with van der Waals surface area (Å²) in [4.78, 5) is 22.2. The van der Waals surface area contributed by atoms with Gasteiger partial charge in [-0.15, -0.1) is 10.2 Å². The number of aromatic nitrogens is 4. The molecule has 8 nitrogen and oxygen atoms in total. The minimum atomic E-state index is 0.0604. The largest absolute Gasteiger partial charge is 0.496 e. The SMILES string of the molecule is COc1ccccc1-c1nnc2c3ccccc3nc(N3CCN(C(=O)c4ccc(C)cc4)CC3)n12. The second-order valence-corrected chi connectivity index (χ2v) is 8.96. The Balaban J connectivity index is 1.39. The number of ether oxygens (including phenoxy) is 1. The van der Waals surface area contributed by atoms with Gasteiger partial charge in [0.05, 0.1) is 18.2 Å². The van der Waals surface area contributed by atoms with Crippen LogP contribution in [-0.4, -0.2) is 63.7 Å². The number of rotatable bonds is 4. The number of methoxy groups -OCH3 is 1. The van der Waals surface area contributed by atoms with E-state index in [1.165, 1.54) is 0 Å². The molecule has 5 aromatic rings. The molecular weight excluding hydrogens is 452 g/mol. The summed E-state index contributed by atoms with van der Waals surface area (Å²) in [7, 11) is 1.65. The Bertz CT molecular complexity index is 1570. The molecule has 0 bridgehead atoms. The number of aryl methyl sites for hydroxylation is 1. The van der Waals surface area contributed by atoms with Gasteiger partial charge >= 0.3 is 0 Å². The number of hydrogen-bond acceptors (Lipinski definition) is 6. The maximum absolute atomic E-state index is 13.1. The fourth-order valence-corrected chi connectivity index (χ4v) is 4.77. The van der Waals surface area contributed by atoms with E-state index < -0.39 is 0 Å². The summed E-state index contributed by atoms with van der Waals surface area (Å²) in [6, 6.07) is 23.5. The van der Waals surface area contributed by atoms with Gasteiger partial charge in [0.2, 0.25) is 5.95 Å². The molecule has 1 amide bonds. The number of anilines is 1. The molecule has 6 rings (SSSR count). The zero-order chi connectivity index (χ0) is 24.6. The maximum atomic E-state index is 13.1. The van der Waals surface area contributed by atoms with Crippen molar-refractivity contribution < 1.29 is 9.53 Å². The first-order chi connectivity index (χ1) is 17.6.